The standard InChI is InChI=1S/C3H7NO2.C3H9N.H3P/c1-4-2-3(5)6;1-3(2)4;/h4H,2H2,1H3,(H,5,6);3H,4H2,1-2H3;1H3. The molecule has 0 aromatic rings. The summed E-state index contributed by atoms with van der Waals surface area (Å²) in [6.07, 6.45) is 0. The molecule has 1 atom stereocenters. The predicted octanol–water partition coefficient (Wildman–Crippen LogP) is -0.298. The van der Waals surface area contributed by atoms with E-state index >= 15 is 0 Å². The Kier molecular flexibility index (Phi) is 19.4. The first-order valence-electron chi connectivity index (χ1n) is 3.12. The van der Waals surface area contributed by atoms with E-state index in [0.29, 0.717) is 6.04 Å². The summed E-state index contributed by atoms with van der Waals surface area (Å²) in [5.74, 6) is -0.822. The molecule has 4 nitrogen and oxygen atoms in total. The van der Waals surface area contributed by atoms with Crippen LogP contribution in [0.25, 0.3) is 0 Å². The normalized spacial score (nSPS) is 7.73. The van der Waals surface area contributed by atoms with Gasteiger partial charge < -0.3 is 16.2 Å². The molecule has 1 unspecified atom stereocenters. The van der Waals surface area contributed by atoms with E-state index in [9.17, 15) is 4.79 Å². The van der Waals surface area contributed by atoms with Crippen molar-refractivity contribution in [2.45, 2.75) is 19.9 Å². The molecule has 11 heavy (non-hydrogen) atoms. The number of rotatable bonds is 2. The molecule has 0 saturated heterocycles. The van der Waals surface area contributed by atoms with Crippen molar-refractivity contribution in [3.8, 4) is 0 Å². The highest BCUT2D eigenvalue weighted by molar-refractivity contribution is 6.92. The number of aliphatic carboxylic acids is 1. The van der Waals surface area contributed by atoms with Crippen LogP contribution in [0, 0.1) is 0 Å². The fourth-order valence-corrected chi connectivity index (χ4v) is 0.151. The zero-order valence-corrected chi connectivity index (χ0v) is 8.84. The monoisotopic (exact) mass is 182 g/mol. The van der Waals surface area contributed by atoms with Crippen LogP contribution in [0.4, 0.5) is 0 Å². The highest BCUT2D eigenvalue weighted by atomic mass is 31.0. The SMILES string of the molecule is CC(C)N.CNCC(=O)O.P. The van der Waals surface area contributed by atoms with Crippen molar-refractivity contribution in [1.29, 1.82) is 0 Å². The van der Waals surface area contributed by atoms with E-state index in [1.54, 1.807) is 7.05 Å². The zero-order valence-electron chi connectivity index (χ0n) is 7.42. The van der Waals surface area contributed by atoms with Gasteiger partial charge in [-0.15, -0.1) is 0 Å². The third-order valence-corrected chi connectivity index (χ3v) is 0.328. The van der Waals surface area contributed by atoms with E-state index in [4.69, 9.17) is 10.8 Å². The Morgan fingerprint density at radius 3 is 1.91 bits per heavy atom. The molecule has 5 heteroatoms. The Hall–Kier alpha value is -0.180. The molecule has 0 spiro atoms. The Morgan fingerprint density at radius 2 is 1.91 bits per heavy atom. The minimum Gasteiger partial charge on any atom is -0.480 e. The summed E-state index contributed by atoms with van der Waals surface area (Å²) < 4.78 is 0. The lowest BCUT2D eigenvalue weighted by Gasteiger charge is -1.84. The molecule has 0 saturated carbocycles. The maximum Gasteiger partial charge on any atom is 0.317 e. The van der Waals surface area contributed by atoms with Crippen LogP contribution in [0.2, 0.25) is 0 Å². The quantitative estimate of drug-likeness (QED) is 0.513. The van der Waals surface area contributed by atoms with Crippen LogP contribution in [0.5, 0.6) is 0 Å². The van der Waals surface area contributed by atoms with Crippen molar-refractivity contribution < 1.29 is 9.90 Å². The lowest BCUT2D eigenvalue weighted by atomic mass is 10.5. The number of carboxylic acids is 1. The van der Waals surface area contributed by atoms with Gasteiger partial charge in [-0.05, 0) is 13.1 Å². The van der Waals surface area contributed by atoms with Crippen molar-refractivity contribution in [3.63, 3.8) is 0 Å². The molecule has 0 aromatic heterocycles. The maximum absolute atomic E-state index is 9.54. The van der Waals surface area contributed by atoms with E-state index in [-0.39, 0.29) is 16.4 Å². The highest BCUT2D eigenvalue weighted by Crippen LogP contribution is 1.58. The molecule has 0 radical (unpaired) electrons. The highest BCUT2D eigenvalue weighted by Gasteiger charge is 1.86. The average molecular weight is 182 g/mol. The summed E-state index contributed by atoms with van der Waals surface area (Å²) in [6.45, 7) is 3.93. The van der Waals surface area contributed by atoms with Gasteiger partial charge in [-0.2, -0.15) is 9.90 Å². The van der Waals surface area contributed by atoms with Crippen LogP contribution < -0.4 is 11.1 Å². The van der Waals surface area contributed by atoms with Crippen LogP contribution in [-0.2, 0) is 4.79 Å². The van der Waals surface area contributed by atoms with Crippen LogP contribution >= 0.6 is 9.90 Å². The first-order chi connectivity index (χ1) is 4.50. The number of nitrogens with one attached hydrogen (secondary N) is 1. The molecule has 0 amide bonds. The van der Waals surface area contributed by atoms with Gasteiger partial charge in [0.15, 0.2) is 0 Å². The Labute approximate surface area is 71.2 Å². The Bertz CT molecular complexity index is 85.9. The molecular weight excluding hydrogens is 163 g/mol. The first kappa shape index (κ1) is 17.1. The van der Waals surface area contributed by atoms with Gasteiger partial charge in [0.1, 0.15) is 0 Å². The summed E-state index contributed by atoms with van der Waals surface area (Å²) in [5.41, 5.74) is 5.11. The number of hydrogen-bond donors (Lipinski definition) is 3. The second kappa shape index (κ2) is 12.5. The third kappa shape index (κ3) is 75.5. The number of likely N-dealkylation sites (N-methyl/N-ethyl adjacent to an activating group) is 1. The number of carbonyl (C=O) groups is 1. The fraction of sp³-hybridized carbons (Fsp3) is 0.833. The van der Waals surface area contributed by atoms with Gasteiger partial charge in [0, 0.05) is 0 Å². The molecule has 0 fully saturated rings. The summed E-state index contributed by atoms with van der Waals surface area (Å²) in [6, 6.07) is 0.333. The van der Waals surface area contributed by atoms with Crippen molar-refractivity contribution in [3.05, 3.63) is 0 Å². The minimum absolute atomic E-state index is 0. The molecule has 0 aliphatic heterocycles. The van der Waals surface area contributed by atoms with Gasteiger partial charge >= 0.3 is 5.97 Å². The number of carboxylic acid groups (broad SMARTS) is 1. The van der Waals surface area contributed by atoms with Crippen molar-refractivity contribution in [2.24, 2.45) is 5.73 Å². The molecule has 0 aromatic carbocycles. The van der Waals surface area contributed by atoms with Crippen LogP contribution in [0.1, 0.15) is 13.8 Å². The zero-order chi connectivity index (χ0) is 8.57. The van der Waals surface area contributed by atoms with E-state index in [0.717, 1.165) is 0 Å². The molecule has 70 valence electrons. The average Bonchev–Trinajstić information content (AvgIpc) is 1.62. The lowest BCUT2D eigenvalue weighted by Crippen LogP contribution is -2.16. The second-order valence-corrected chi connectivity index (χ2v) is 2.17. The van der Waals surface area contributed by atoms with Gasteiger partial charge in [0.25, 0.3) is 0 Å². The van der Waals surface area contributed by atoms with Crippen LogP contribution in [0.3, 0.4) is 0 Å². The number of hydrogen-bond acceptors (Lipinski definition) is 3. The predicted molar refractivity (Wildman–Crippen MR) is 52.0 cm³/mol. The third-order valence-electron chi connectivity index (χ3n) is 0.328. The number of nitrogens with two attached hydrogens (primary N) is 1. The van der Waals surface area contributed by atoms with Crippen molar-refractivity contribution in [2.75, 3.05) is 13.6 Å². The summed E-state index contributed by atoms with van der Waals surface area (Å²) in [7, 11) is 1.59. The molecule has 4 N–H and O–H groups in total. The molecule has 0 rings (SSSR count). The largest absolute Gasteiger partial charge is 0.480 e. The van der Waals surface area contributed by atoms with Gasteiger partial charge in [0.05, 0.1) is 6.54 Å². The first-order valence-corrected chi connectivity index (χ1v) is 3.12. The van der Waals surface area contributed by atoms with Gasteiger partial charge in [-0.25, -0.2) is 0 Å². The second-order valence-electron chi connectivity index (χ2n) is 2.17. The fourth-order valence-electron chi connectivity index (χ4n) is 0.151. The molecule has 0 heterocycles. The van der Waals surface area contributed by atoms with E-state index in [2.05, 4.69) is 5.32 Å². The molecule has 0 bridgehead atoms. The Balaban J connectivity index is -0.000000114. The Morgan fingerprint density at radius 1 is 1.64 bits per heavy atom. The lowest BCUT2D eigenvalue weighted by molar-refractivity contribution is -0.135. The van der Waals surface area contributed by atoms with E-state index in [1.807, 2.05) is 13.8 Å². The van der Waals surface area contributed by atoms with Gasteiger partial charge in [-0.1, -0.05) is 13.8 Å². The molecule has 0 aliphatic carbocycles. The summed E-state index contributed by atoms with van der Waals surface area (Å²) in [4.78, 5) is 9.54. The van der Waals surface area contributed by atoms with Gasteiger partial charge in [-0.3, -0.25) is 4.79 Å². The van der Waals surface area contributed by atoms with E-state index in [1.165, 1.54) is 0 Å². The summed E-state index contributed by atoms with van der Waals surface area (Å²) >= 11 is 0. The van der Waals surface area contributed by atoms with E-state index < -0.39 is 5.97 Å². The minimum atomic E-state index is -0.822. The molecule has 0 aliphatic rings. The topological polar surface area (TPSA) is 75.3 Å². The van der Waals surface area contributed by atoms with Gasteiger partial charge in [0.2, 0.25) is 0 Å². The molecular formula is C6H19N2O2P. The summed E-state index contributed by atoms with van der Waals surface area (Å²) in [5, 5.41) is 10.3. The van der Waals surface area contributed by atoms with Crippen LogP contribution in [-0.4, -0.2) is 30.7 Å². The van der Waals surface area contributed by atoms with Crippen LogP contribution in [0.15, 0.2) is 0 Å². The smallest absolute Gasteiger partial charge is 0.317 e. The van der Waals surface area contributed by atoms with Crippen molar-refractivity contribution >= 4 is 15.9 Å². The maximum atomic E-state index is 9.54. The van der Waals surface area contributed by atoms with Crippen molar-refractivity contribution in [1.82, 2.24) is 5.32 Å².